The van der Waals surface area contributed by atoms with Gasteiger partial charge >= 0.3 is 0 Å². The molecule has 1 N–H and O–H groups in total. The lowest BCUT2D eigenvalue weighted by atomic mass is 9.70. The van der Waals surface area contributed by atoms with E-state index in [1.165, 1.54) is 0 Å². The van der Waals surface area contributed by atoms with Gasteiger partial charge in [-0.15, -0.1) is 24.9 Å². The number of hydrogen-bond acceptors (Lipinski definition) is 5. The van der Waals surface area contributed by atoms with Crippen LogP contribution in [0, 0.1) is 17.8 Å². The van der Waals surface area contributed by atoms with Gasteiger partial charge in [-0.05, 0) is 39.5 Å². The second-order valence-corrected chi connectivity index (χ2v) is 14.6. The lowest BCUT2D eigenvalue weighted by Gasteiger charge is -2.44. The summed E-state index contributed by atoms with van der Waals surface area (Å²) in [6.45, 7) is 20.7. The molecule has 7 atom stereocenters. The molecule has 37 heavy (non-hydrogen) atoms. The lowest BCUT2D eigenvalue weighted by molar-refractivity contribution is -0.149. The van der Waals surface area contributed by atoms with Crippen molar-refractivity contribution in [2.45, 2.75) is 86.8 Å². The third-order valence-corrected chi connectivity index (χ3v) is 11.3. The number of amides is 3. The fourth-order valence-corrected chi connectivity index (χ4v) is 10.1. The standard InChI is InChI=1S/C28H44BrN3O4S/c1-9-12-30(13-10-2)24(34)20-21-25(35)32(19(16-33)17(4)5)23(28(21)15-18(29)22(20)37-28)26(36)31(14-11-3)27(6,7)8/h9,11,17-23,33H,1,3,10,12-16H2,2,4-8H3/t18?,19-,20+,21-,22+,23?,28?/m0/s1. The van der Waals surface area contributed by atoms with Crippen molar-refractivity contribution in [3.8, 4) is 0 Å². The molecule has 7 nitrogen and oxygen atoms in total. The zero-order valence-corrected chi connectivity index (χ0v) is 25.6. The number of rotatable bonds is 11. The normalized spacial score (nSPS) is 31.4. The van der Waals surface area contributed by atoms with E-state index in [1.54, 1.807) is 38.6 Å². The number of hydrogen-bond donors (Lipinski definition) is 1. The molecule has 3 unspecified atom stereocenters. The minimum atomic E-state index is -0.768. The molecule has 3 heterocycles. The lowest BCUT2D eigenvalue weighted by Crippen LogP contribution is -2.61. The number of aliphatic hydroxyl groups excluding tert-OH is 1. The van der Waals surface area contributed by atoms with Crippen molar-refractivity contribution < 1.29 is 19.5 Å². The van der Waals surface area contributed by atoms with Crippen LogP contribution in [0.1, 0.15) is 54.4 Å². The van der Waals surface area contributed by atoms with Gasteiger partial charge in [-0.2, -0.15) is 0 Å². The molecule has 0 saturated carbocycles. The Morgan fingerprint density at radius 3 is 2.35 bits per heavy atom. The number of alkyl halides is 1. The minimum absolute atomic E-state index is 0.00655. The highest BCUT2D eigenvalue weighted by atomic mass is 79.9. The summed E-state index contributed by atoms with van der Waals surface area (Å²) in [5, 5.41) is 10.3. The van der Waals surface area contributed by atoms with Gasteiger partial charge < -0.3 is 19.8 Å². The molecule has 0 aromatic rings. The van der Waals surface area contributed by atoms with E-state index in [-0.39, 0.29) is 40.3 Å². The molecule has 208 valence electrons. The first-order valence-corrected chi connectivity index (χ1v) is 15.2. The van der Waals surface area contributed by atoms with E-state index in [2.05, 4.69) is 29.1 Å². The van der Waals surface area contributed by atoms with Crippen LogP contribution in [-0.2, 0) is 14.4 Å². The van der Waals surface area contributed by atoms with Gasteiger partial charge in [0.05, 0.1) is 29.2 Å². The van der Waals surface area contributed by atoms with Crippen LogP contribution in [0.25, 0.3) is 0 Å². The van der Waals surface area contributed by atoms with Crippen LogP contribution in [0.2, 0.25) is 0 Å². The van der Waals surface area contributed by atoms with Crippen molar-refractivity contribution in [2.24, 2.45) is 17.8 Å². The first kappa shape index (κ1) is 30.2. The molecule has 3 fully saturated rings. The molecule has 0 aliphatic carbocycles. The van der Waals surface area contributed by atoms with Crippen LogP contribution < -0.4 is 0 Å². The number of fused-ring (bicyclic) bond motifs is 1. The largest absolute Gasteiger partial charge is 0.394 e. The fraction of sp³-hybridized carbons (Fsp3) is 0.750. The van der Waals surface area contributed by atoms with E-state index >= 15 is 0 Å². The molecule has 3 saturated heterocycles. The molecule has 0 aromatic carbocycles. The first-order chi connectivity index (χ1) is 17.3. The Balaban J connectivity index is 2.18. The van der Waals surface area contributed by atoms with Gasteiger partial charge in [-0.25, -0.2) is 0 Å². The zero-order chi connectivity index (χ0) is 27.9. The average Bonchev–Trinajstić information content (AvgIpc) is 3.40. The molecule has 0 aromatic heterocycles. The van der Waals surface area contributed by atoms with Crippen molar-refractivity contribution >= 4 is 45.4 Å². The monoisotopic (exact) mass is 597 g/mol. The van der Waals surface area contributed by atoms with E-state index in [4.69, 9.17) is 0 Å². The van der Waals surface area contributed by atoms with Crippen molar-refractivity contribution in [2.75, 3.05) is 26.2 Å². The topological polar surface area (TPSA) is 81.2 Å². The maximum Gasteiger partial charge on any atom is 0.247 e. The molecule has 3 aliphatic rings. The summed E-state index contributed by atoms with van der Waals surface area (Å²) in [7, 11) is 0. The van der Waals surface area contributed by atoms with Gasteiger partial charge in [0, 0.05) is 35.3 Å². The summed E-state index contributed by atoms with van der Waals surface area (Å²) >= 11 is 5.48. The maximum atomic E-state index is 14.5. The van der Waals surface area contributed by atoms with Crippen molar-refractivity contribution in [3.63, 3.8) is 0 Å². The van der Waals surface area contributed by atoms with Crippen LogP contribution in [-0.4, -0.2) is 96.2 Å². The van der Waals surface area contributed by atoms with Gasteiger partial charge in [0.25, 0.3) is 0 Å². The number of thioether (sulfide) groups is 1. The Morgan fingerprint density at radius 1 is 1.24 bits per heavy atom. The summed E-state index contributed by atoms with van der Waals surface area (Å²) < 4.78 is -0.744. The molecule has 3 amide bonds. The van der Waals surface area contributed by atoms with E-state index in [0.29, 0.717) is 26.1 Å². The minimum Gasteiger partial charge on any atom is -0.394 e. The number of halogens is 1. The third-order valence-electron chi connectivity index (χ3n) is 8.10. The second-order valence-electron chi connectivity index (χ2n) is 11.9. The SMILES string of the molecule is C=CCN(CCC)C(=O)[C@H]1[C@@H]2SC3(CC2Br)C(C(=O)N(CC=C)C(C)(C)C)N([C@@H](CO)C(C)C)C(=O)[C@H]13. The average molecular weight is 599 g/mol. The van der Waals surface area contributed by atoms with Gasteiger partial charge in [0.1, 0.15) is 6.04 Å². The molecular formula is C28H44BrN3O4S. The van der Waals surface area contributed by atoms with Gasteiger partial charge in [-0.1, -0.05) is 48.9 Å². The number of aliphatic hydroxyl groups is 1. The first-order valence-electron chi connectivity index (χ1n) is 13.4. The van der Waals surface area contributed by atoms with Gasteiger partial charge in [0.2, 0.25) is 17.7 Å². The molecule has 2 bridgehead atoms. The van der Waals surface area contributed by atoms with Crippen LogP contribution >= 0.6 is 27.7 Å². The van der Waals surface area contributed by atoms with E-state index in [9.17, 15) is 19.5 Å². The predicted octanol–water partition coefficient (Wildman–Crippen LogP) is 3.71. The Labute approximate surface area is 235 Å². The quantitative estimate of drug-likeness (QED) is 0.290. The molecular weight excluding hydrogens is 554 g/mol. The molecule has 9 heteroatoms. The maximum absolute atomic E-state index is 14.5. The Morgan fingerprint density at radius 2 is 1.86 bits per heavy atom. The number of carbonyl (C=O) groups is 3. The highest BCUT2D eigenvalue weighted by Gasteiger charge is 2.76. The fourth-order valence-electron chi connectivity index (χ4n) is 6.51. The Bertz CT molecular complexity index is 922. The number of nitrogens with zero attached hydrogens (tertiary/aromatic N) is 3. The van der Waals surface area contributed by atoms with E-state index in [1.807, 2.05) is 41.5 Å². The van der Waals surface area contributed by atoms with E-state index < -0.39 is 34.2 Å². The molecule has 0 radical (unpaired) electrons. The Kier molecular flexibility index (Phi) is 9.33. The number of carbonyl (C=O) groups excluding carboxylic acids is 3. The highest BCUT2D eigenvalue weighted by Crippen LogP contribution is 2.68. The van der Waals surface area contributed by atoms with Crippen molar-refractivity contribution in [1.29, 1.82) is 0 Å². The van der Waals surface area contributed by atoms with Crippen LogP contribution in [0.15, 0.2) is 25.3 Å². The zero-order valence-electron chi connectivity index (χ0n) is 23.2. The summed E-state index contributed by atoms with van der Waals surface area (Å²) in [4.78, 5) is 48.1. The van der Waals surface area contributed by atoms with Crippen LogP contribution in [0.5, 0.6) is 0 Å². The van der Waals surface area contributed by atoms with Crippen molar-refractivity contribution in [3.05, 3.63) is 25.3 Å². The highest BCUT2D eigenvalue weighted by molar-refractivity contribution is 9.09. The number of likely N-dealkylation sites (tertiary alicyclic amines) is 1. The summed E-state index contributed by atoms with van der Waals surface area (Å²) in [5.74, 6) is -1.56. The van der Waals surface area contributed by atoms with Crippen LogP contribution in [0.3, 0.4) is 0 Å². The van der Waals surface area contributed by atoms with E-state index in [0.717, 1.165) is 6.42 Å². The van der Waals surface area contributed by atoms with Gasteiger partial charge in [-0.3, -0.25) is 14.4 Å². The summed E-state index contributed by atoms with van der Waals surface area (Å²) in [6, 6.07) is -1.29. The van der Waals surface area contributed by atoms with Crippen molar-refractivity contribution in [1.82, 2.24) is 14.7 Å². The summed E-state index contributed by atoms with van der Waals surface area (Å²) in [5.41, 5.74) is -0.493. The predicted molar refractivity (Wildman–Crippen MR) is 153 cm³/mol. The second kappa shape index (κ2) is 11.4. The summed E-state index contributed by atoms with van der Waals surface area (Å²) in [6.07, 6.45) is 4.86. The molecule has 3 rings (SSSR count). The molecule has 1 spiro atoms. The Hall–Kier alpha value is -1.32. The van der Waals surface area contributed by atoms with Crippen LogP contribution in [0.4, 0.5) is 0 Å². The third kappa shape index (κ3) is 5.05. The van der Waals surface area contributed by atoms with Gasteiger partial charge in [0.15, 0.2) is 0 Å². The molecule has 3 aliphatic heterocycles. The smallest absolute Gasteiger partial charge is 0.247 e.